The zero-order valence-electron chi connectivity index (χ0n) is 22.4. The van der Waals surface area contributed by atoms with Gasteiger partial charge in [0.1, 0.15) is 29.3 Å². The van der Waals surface area contributed by atoms with Gasteiger partial charge in [-0.25, -0.2) is 9.18 Å². The third-order valence-corrected chi connectivity index (χ3v) is 6.76. The Bertz CT molecular complexity index is 1320. The van der Waals surface area contributed by atoms with E-state index in [0.29, 0.717) is 17.5 Å². The molecule has 0 atom stereocenters. The average Bonchev–Trinajstić information content (AvgIpc) is 2.93. The Balaban J connectivity index is 1.70. The van der Waals surface area contributed by atoms with Gasteiger partial charge in [-0.15, -0.1) is 0 Å². The molecule has 0 saturated heterocycles. The van der Waals surface area contributed by atoms with E-state index in [0.717, 1.165) is 49.7 Å². The van der Waals surface area contributed by atoms with Gasteiger partial charge in [-0.3, -0.25) is 0 Å². The standard InChI is InChI=1S/C33H35FN2O2/c1-3-5-7-8-10-11-24-13-19-28(31(34)21-24)26-14-16-27(17-15-26)33(37)38-32-20-18-25(12-9-6-4-2)29(22-35)30(32)23-36/h13-21H,3-12H2,1-2H3. The largest absolute Gasteiger partial charge is 0.421 e. The highest BCUT2D eigenvalue weighted by Crippen LogP contribution is 2.28. The van der Waals surface area contributed by atoms with Gasteiger partial charge in [0.15, 0.2) is 0 Å². The van der Waals surface area contributed by atoms with E-state index in [9.17, 15) is 19.7 Å². The smallest absolute Gasteiger partial charge is 0.343 e. The summed E-state index contributed by atoms with van der Waals surface area (Å²) in [6.45, 7) is 4.29. The van der Waals surface area contributed by atoms with Crippen LogP contribution in [0.15, 0.2) is 54.6 Å². The first-order valence-corrected chi connectivity index (χ1v) is 13.6. The molecule has 0 radical (unpaired) electrons. The maximum Gasteiger partial charge on any atom is 0.343 e. The molecule has 3 aromatic carbocycles. The Hall–Kier alpha value is -3.96. The van der Waals surface area contributed by atoms with E-state index in [4.69, 9.17) is 4.74 Å². The van der Waals surface area contributed by atoms with Crippen LogP contribution in [-0.4, -0.2) is 5.97 Å². The van der Waals surface area contributed by atoms with Crippen LogP contribution in [0.1, 0.15) is 97.8 Å². The Labute approximate surface area is 225 Å². The normalized spacial score (nSPS) is 10.6. The highest BCUT2D eigenvalue weighted by Gasteiger charge is 2.18. The minimum absolute atomic E-state index is 0.0636. The summed E-state index contributed by atoms with van der Waals surface area (Å²) in [6.07, 6.45) is 10.4. The molecule has 0 saturated carbocycles. The number of hydrogen-bond acceptors (Lipinski definition) is 4. The molecule has 38 heavy (non-hydrogen) atoms. The van der Waals surface area contributed by atoms with E-state index in [1.54, 1.807) is 48.5 Å². The molecule has 0 aromatic heterocycles. The van der Waals surface area contributed by atoms with Crippen LogP contribution in [0.25, 0.3) is 11.1 Å². The van der Waals surface area contributed by atoms with Crippen molar-refractivity contribution in [2.24, 2.45) is 0 Å². The number of esters is 1. The van der Waals surface area contributed by atoms with Crippen LogP contribution in [0.3, 0.4) is 0 Å². The van der Waals surface area contributed by atoms with Crippen LogP contribution in [-0.2, 0) is 12.8 Å². The maximum atomic E-state index is 14.8. The van der Waals surface area contributed by atoms with E-state index in [1.807, 2.05) is 12.1 Å². The van der Waals surface area contributed by atoms with Crippen molar-refractivity contribution in [3.63, 3.8) is 0 Å². The van der Waals surface area contributed by atoms with Gasteiger partial charge in [0, 0.05) is 5.56 Å². The van der Waals surface area contributed by atoms with Crippen molar-refractivity contribution in [1.29, 1.82) is 10.5 Å². The third kappa shape index (κ3) is 7.53. The topological polar surface area (TPSA) is 73.9 Å². The number of carbonyl (C=O) groups is 1. The molecule has 0 N–H and O–H groups in total. The van der Waals surface area contributed by atoms with Crippen molar-refractivity contribution in [3.05, 3.63) is 88.2 Å². The van der Waals surface area contributed by atoms with E-state index in [2.05, 4.69) is 19.9 Å². The Morgan fingerprint density at radius 3 is 2.11 bits per heavy atom. The molecule has 0 amide bonds. The molecule has 0 aliphatic heterocycles. The lowest BCUT2D eigenvalue weighted by atomic mass is 9.97. The number of nitriles is 2. The van der Waals surface area contributed by atoms with E-state index >= 15 is 0 Å². The lowest BCUT2D eigenvalue weighted by molar-refractivity contribution is 0.0734. The molecule has 196 valence electrons. The number of aryl methyl sites for hydroxylation is 2. The van der Waals surface area contributed by atoms with Crippen LogP contribution in [0.2, 0.25) is 0 Å². The predicted octanol–water partition coefficient (Wildman–Crippen LogP) is 8.70. The van der Waals surface area contributed by atoms with Gasteiger partial charge in [0.05, 0.1) is 11.1 Å². The van der Waals surface area contributed by atoms with Gasteiger partial charge in [-0.05, 0) is 66.6 Å². The SMILES string of the molecule is CCCCCCCc1ccc(-c2ccc(C(=O)Oc3ccc(CCCCC)c(C#N)c3C#N)cc2)c(F)c1. The number of halogens is 1. The lowest BCUT2D eigenvalue weighted by Gasteiger charge is -2.11. The van der Waals surface area contributed by atoms with E-state index in [-0.39, 0.29) is 28.3 Å². The molecular formula is C33H35FN2O2. The summed E-state index contributed by atoms with van der Waals surface area (Å²) >= 11 is 0. The van der Waals surface area contributed by atoms with Crippen molar-refractivity contribution in [2.75, 3.05) is 0 Å². The number of ether oxygens (including phenoxy) is 1. The average molecular weight is 511 g/mol. The molecule has 0 heterocycles. The minimum Gasteiger partial charge on any atom is -0.421 e. The predicted molar refractivity (Wildman–Crippen MR) is 148 cm³/mol. The Morgan fingerprint density at radius 2 is 1.45 bits per heavy atom. The summed E-state index contributed by atoms with van der Waals surface area (Å²) < 4.78 is 20.4. The second kappa shape index (κ2) is 14.7. The quantitative estimate of drug-likeness (QED) is 0.131. The van der Waals surface area contributed by atoms with Crippen LogP contribution < -0.4 is 4.74 Å². The Kier molecular flexibility index (Phi) is 11.1. The number of unbranched alkanes of at least 4 members (excludes halogenated alkanes) is 6. The summed E-state index contributed by atoms with van der Waals surface area (Å²) in [6, 6.07) is 19.3. The molecule has 0 bridgehead atoms. The molecule has 0 aliphatic carbocycles. The number of carbonyl (C=O) groups excluding carboxylic acids is 1. The highest BCUT2D eigenvalue weighted by molar-refractivity contribution is 5.92. The molecule has 0 aliphatic rings. The summed E-state index contributed by atoms with van der Waals surface area (Å²) in [5, 5.41) is 19.3. The molecule has 4 nitrogen and oxygen atoms in total. The first-order valence-electron chi connectivity index (χ1n) is 13.6. The fourth-order valence-corrected chi connectivity index (χ4v) is 4.55. The molecule has 0 spiro atoms. The lowest BCUT2D eigenvalue weighted by Crippen LogP contribution is -2.10. The zero-order valence-corrected chi connectivity index (χ0v) is 22.4. The van der Waals surface area contributed by atoms with Gasteiger partial charge in [0.2, 0.25) is 0 Å². The molecular weight excluding hydrogens is 475 g/mol. The number of nitrogens with zero attached hydrogens (tertiary/aromatic N) is 2. The Morgan fingerprint density at radius 1 is 0.789 bits per heavy atom. The molecule has 5 heteroatoms. The highest BCUT2D eigenvalue weighted by atomic mass is 19.1. The van der Waals surface area contributed by atoms with Crippen LogP contribution >= 0.6 is 0 Å². The molecule has 3 aromatic rings. The second-order valence-corrected chi connectivity index (χ2v) is 9.60. The summed E-state index contributed by atoms with van der Waals surface area (Å²) in [7, 11) is 0. The van der Waals surface area contributed by atoms with Crippen LogP contribution in [0, 0.1) is 28.5 Å². The summed E-state index contributed by atoms with van der Waals surface area (Å²) in [4.78, 5) is 12.8. The van der Waals surface area contributed by atoms with E-state index in [1.165, 1.54) is 19.3 Å². The van der Waals surface area contributed by atoms with Gasteiger partial charge < -0.3 is 4.74 Å². The summed E-state index contributed by atoms with van der Waals surface area (Å²) in [5.74, 6) is -0.864. The van der Waals surface area contributed by atoms with Crippen molar-refractivity contribution < 1.29 is 13.9 Å². The van der Waals surface area contributed by atoms with Gasteiger partial charge in [-0.2, -0.15) is 10.5 Å². The van der Waals surface area contributed by atoms with Gasteiger partial charge in [-0.1, -0.05) is 82.7 Å². The zero-order chi connectivity index (χ0) is 27.3. The van der Waals surface area contributed by atoms with Crippen molar-refractivity contribution in [3.8, 4) is 29.0 Å². The van der Waals surface area contributed by atoms with Crippen molar-refractivity contribution >= 4 is 5.97 Å². The minimum atomic E-state index is -0.644. The first kappa shape index (κ1) is 28.6. The second-order valence-electron chi connectivity index (χ2n) is 9.60. The monoisotopic (exact) mass is 510 g/mol. The van der Waals surface area contributed by atoms with Crippen molar-refractivity contribution in [2.45, 2.75) is 78.1 Å². The number of hydrogen-bond donors (Lipinski definition) is 0. The fraction of sp³-hybridized carbons (Fsp3) is 0.364. The number of rotatable bonds is 13. The van der Waals surface area contributed by atoms with Crippen molar-refractivity contribution in [1.82, 2.24) is 0 Å². The number of benzene rings is 3. The molecule has 0 unspecified atom stereocenters. The van der Waals surface area contributed by atoms with Gasteiger partial charge >= 0.3 is 5.97 Å². The molecule has 3 rings (SSSR count). The first-order chi connectivity index (χ1) is 18.5. The fourth-order valence-electron chi connectivity index (χ4n) is 4.55. The van der Waals surface area contributed by atoms with Gasteiger partial charge in [0.25, 0.3) is 0 Å². The summed E-state index contributed by atoms with van der Waals surface area (Å²) in [5.41, 5.74) is 3.50. The third-order valence-electron chi connectivity index (χ3n) is 6.76. The molecule has 0 fully saturated rings. The maximum absolute atomic E-state index is 14.8. The van der Waals surface area contributed by atoms with Crippen LogP contribution in [0.5, 0.6) is 5.75 Å². The van der Waals surface area contributed by atoms with E-state index < -0.39 is 5.97 Å². The van der Waals surface area contributed by atoms with Crippen LogP contribution in [0.4, 0.5) is 4.39 Å².